The normalized spacial score (nSPS) is 19.1. The summed E-state index contributed by atoms with van der Waals surface area (Å²) in [6.07, 6.45) is 5.94. The van der Waals surface area contributed by atoms with Gasteiger partial charge >= 0.3 is 4.87 Å². The highest BCUT2D eigenvalue weighted by molar-refractivity contribution is 7.92. The predicted molar refractivity (Wildman–Crippen MR) is 113 cm³/mol. The monoisotopic (exact) mass is 419 g/mol. The fourth-order valence-corrected chi connectivity index (χ4v) is 6.05. The van der Waals surface area contributed by atoms with Crippen LogP contribution < -0.4 is 4.87 Å². The van der Waals surface area contributed by atoms with Crippen molar-refractivity contribution in [3.63, 3.8) is 0 Å². The fourth-order valence-electron chi connectivity index (χ4n) is 3.81. The number of benzene rings is 1. The Morgan fingerprint density at radius 2 is 1.71 bits per heavy atom. The van der Waals surface area contributed by atoms with Gasteiger partial charge in [0, 0.05) is 42.2 Å². The Morgan fingerprint density at radius 3 is 2.46 bits per heavy atom. The van der Waals surface area contributed by atoms with E-state index in [1.165, 1.54) is 38.0 Å². The first-order valence-electron chi connectivity index (χ1n) is 9.70. The van der Waals surface area contributed by atoms with Gasteiger partial charge in [-0.1, -0.05) is 41.7 Å². The van der Waals surface area contributed by atoms with Crippen LogP contribution in [0, 0.1) is 0 Å². The number of fused-ring (bicyclic) bond motifs is 1. The smallest absolute Gasteiger partial charge is 0.289 e. The molecule has 0 amide bonds. The lowest BCUT2D eigenvalue weighted by Gasteiger charge is -2.33. The molecule has 1 saturated heterocycles. The maximum Gasteiger partial charge on any atom is 0.308 e. The van der Waals surface area contributed by atoms with Crippen molar-refractivity contribution < 1.29 is 8.42 Å². The van der Waals surface area contributed by atoms with Crippen molar-refractivity contribution in [2.75, 3.05) is 26.2 Å². The van der Waals surface area contributed by atoms with E-state index >= 15 is 0 Å². The third kappa shape index (κ3) is 4.30. The number of nitrogens with zero attached hydrogens (tertiary/aromatic N) is 3. The van der Waals surface area contributed by atoms with Crippen LogP contribution in [0.2, 0.25) is 0 Å². The van der Waals surface area contributed by atoms with Gasteiger partial charge in [-0.15, -0.1) is 0 Å². The molecule has 0 saturated carbocycles. The highest BCUT2D eigenvalue weighted by Crippen LogP contribution is 2.24. The Morgan fingerprint density at radius 1 is 1.00 bits per heavy atom. The first kappa shape index (κ1) is 19.6. The number of sulfonamides is 1. The molecule has 6 nitrogen and oxygen atoms in total. The van der Waals surface area contributed by atoms with Crippen molar-refractivity contribution in [1.29, 1.82) is 0 Å². The Labute approximate surface area is 169 Å². The van der Waals surface area contributed by atoms with Crippen LogP contribution in [0.15, 0.2) is 40.5 Å². The summed E-state index contributed by atoms with van der Waals surface area (Å²) < 4.78 is 28.6. The minimum Gasteiger partial charge on any atom is -0.289 e. The maximum absolute atomic E-state index is 12.6. The topological polar surface area (TPSA) is 62.6 Å². The van der Waals surface area contributed by atoms with E-state index in [0.29, 0.717) is 32.8 Å². The van der Waals surface area contributed by atoms with E-state index in [1.807, 2.05) is 34.9 Å². The molecule has 1 aliphatic heterocycles. The Kier molecular flexibility index (Phi) is 5.82. The van der Waals surface area contributed by atoms with Crippen LogP contribution in [0.4, 0.5) is 0 Å². The van der Waals surface area contributed by atoms with E-state index < -0.39 is 10.0 Å². The largest absolute Gasteiger partial charge is 0.308 e. The SMILES string of the molecule is O=c1sc2c(n1CN1CCN(S(=O)(=O)/C=C/c3ccccc3)CC1)CCCC2. The number of rotatable bonds is 5. The third-order valence-corrected chi connectivity index (χ3v) is 8.06. The lowest BCUT2D eigenvalue weighted by atomic mass is 10.0. The molecule has 0 atom stereocenters. The second kappa shape index (κ2) is 8.32. The summed E-state index contributed by atoms with van der Waals surface area (Å²) in [6.45, 7) is 2.73. The van der Waals surface area contributed by atoms with E-state index in [2.05, 4.69) is 4.90 Å². The van der Waals surface area contributed by atoms with E-state index in [1.54, 1.807) is 6.08 Å². The van der Waals surface area contributed by atoms with Crippen LogP contribution in [-0.2, 0) is 29.5 Å². The summed E-state index contributed by atoms with van der Waals surface area (Å²) >= 11 is 1.38. The highest BCUT2D eigenvalue weighted by atomic mass is 32.2. The van der Waals surface area contributed by atoms with Crippen LogP contribution >= 0.6 is 11.3 Å². The van der Waals surface area contributed by atoms with E-state index in [9.17, 15) is 13.2 Å². The quantitative estimate of drug-likeness (QED) is 0.746. The molecule has 28 heavy (non-hydrogen) atoms. The molecule has 8 heteroatoms. The maximum atomic E-state index is 12.6. The molecule has 0 spiro atoms. The van der Waals surface area contributed by atoms with Crippen molar-refractivity contribution >= 4 is 27.4 Å². The molecule has 1 fully saturated rings. The molecule has 2 heterocycles. The standard InChI is InChI=1S/C20H25N3O3S2/c24-20-23(18-8-4-5-9-19(18)27-20)16-21-11-13-22(14-12-21)28(25,26)15-10-17-6-2-1-3-7-17/h1-3,6-7,10,15H,4-5,8-9,11-14,16H2/b15-10+. The minimum absolute atomic E-state index is 0.118. The van der Waals surface area contributed by atoms with Gasteiger partial charge in [0.15, 0.2) is 0 Å². The van der Waals surface area contributed by atoms with Gasteiger partial charge in [-0.3, -0.25) is 14.3 Å². The summed E-state index contributed by atoms with van der Waals surface area (Å²) in [6, 6.07) is 9.43. The zero-order chi connectivity index (χ0) is 19.6. The third-order valence-electron chi connectivity index (χ3n) is 5.41. The second-order valence-corrected chi connectivity index (χ2v) is 10.2. The zero-order valence-corrected chi connectivity index (χ0v) is 17.4. The lowest BCUT2D eigenvalue weighted by molar-refractivity contribution is 0.150. The first-order chi connectivity index (χ1) is 13.5. The Bertz CT molecular complexity index is 1000. The van der Waals surface area contributed by atoms with Crippen LogP contribution in [0.25, 0.3) is 6.08 Å². The molecule has 0 N–H and O–H groups in total. The number of aromatic nitrogens is 1. The summed E-state index contributed by atoms with van der Waals surface area (Å²) in [5.41, 5.74) is 2.06. The van der Waals surface area contributed by atoms with Gasteiger partial charge in [0.25, 0.3) is 0 Å². The lowest BCUT2D eigenvalue weighted by Crippen LogP contribution is -2.49. The van der Waals surface area contributed by atoms with E-state index in [4.69, 9.17) is 0 Å². The first-order valence-corrected chi connectivity index (χ1v) is 12.0. The van der Waals surface area contributed by atoms with Crippen molar-refractivity contribution in [3.05, 3.63) is 61.5 Å². The molecule has 2 aliphatic rings. The molecular formula is C20H25N3O3S2. The Balaban J connectivity index is 1.38. The fraction of sp³-hybridized carbons (Fsp3) is 0.450. The molecule has 0 bridgehead atoms. The van der Waals surface area contributed by atoms with Crippen molar-refractivity contribution in [2.45, 2.75) is 32.4 Å². The van der Waals surface area contributed by atoms with Crippen LogP contribution in [0.5, 0.6) is 0 Å². The summed E-state index contributed by atoms with van der Waals surface area (Å²) in [4.78, 5) is 15.9. The van der Waals surface area contributed by atoms with Gasteiger partial charge in [0.05, 0.1) is 6.67 Å². The molecule has 4 rings (SSSR count). The molecule has 1 aromatic carbocycles. The number of hydrogen-bond donors (Lipinski definition) is 0. The van der Waals surface area contributed by atoms with Crippen molar-refractivity contribution in [2.24, 2.45) is 0 Å². The Hall–Kier alpha value is -1.74. The van der Waals surface area contributed by atoms with Gasteiger partial charge in [-0.05, 0) is 37.3 Å². The average molecular weight is 420 g/mol. The molecule has 150 valence electrons. The molecule has 1 aliphatic carbocycles. The highest BCUT2D eigenvalue weighted by Gasteiger charge is 2.26. The van der Waals surface area contributed by atoms with Crippen LogP contribution in [0.3, 0.4) is 0 Å². The average Bonchev–Trinajstić information content (AvgIpc) is 3.03. The zero-order valence-electron chi connectivity index (χ0n) is 15.8. The van der Waals surface area contributed by atoms with Gasteiger partial charge in [0.1, 0.15) is 0 Å². The van der Waals surface area contributed by atoms with Gasteiger partial charge < -0.3 is 0 Å². The van der Waals surface area contributed by atoms with Gasteiger partial charge in [0.2, 0.25) is 10.0 Å². The number of aryl methyl sites for hydroxylation is 1. The molecular weight excluding hydrogens is 394 g/mol. The molecule has 0 radical (unpaired) electrons. The van der Waals surface area contributed by atoms with E-state index in [-0.39, 0.29) is 4.87 Å². The van der Waals surface area contributed by atoms with Gasteiger partial charge in [-0.2, -0.15) is 4.31 Å². The molecule has 1 aromatic heterocycles. The second-order valence-electron chi connectivity index (χ2n) is 7.29. The van der Waals surface area contributed by atoms with Crippen molar-refractivity contribution in [3.8, 4) is 0 Å². The molecule has 2 aromatic rings. The van der Waals surface area contributed by atoms with E-state index in [0.717, 1.165) is 24.8 Å². The van der Waals surface area contributed by atoms with Crippen LogP contribution in [-0.4, -0.2) is 48.4 Å². The number of hydrogen-bond acceptors (Lipinski definition) is 5. The summed E-state index contributed by atoms with van der Waals surface area (Å²) in [5.74, 6) is 0. The predicted octanol–water partition coefficient (Wildman–Crippen LogP) is 2.36. The van der Waals surface area contributed by atoms with Crippen LogP contribution in [0.1, 0.15) is 29.0 Å². The van der Waals surface area contributed by atoms with Crippen molar-refractivity contribution in [1.82, 2.24) is 13.8 Å². The summed E-state index contributed by atoms with van der Waals surface area (Å²) in [7, 11) is -3.43. The summed E-state index contributed by atoms with van der Waals surface area (Å²) in [5, 5.41) is 1.29. The number of piperazine rings is 1. The van der Waals surface area contributed by atoms with Gasteiger partial charge in [-0.25, -0.2) is 8.42 Å². The minimum atomic E-state index is -3.43. The number of thiazole rings is 1. The molecule has 0 unspecified atom stereocenters.